The van der Waals surface area contributed by atoms with E-state index in [1.165, 1.54) is 0 Å². The number of nitrogens with one attached hydrogen (secondary N) is 1. The summed E-state index contributed by atoms with van der Waals surface area (Å²) in [4.78, 5) is 16.7. The van der Waals surface area contributed by atoms with Crippen molar-refractivity contribution < 1.29 is 14.3 Å². The standard InChI is InChI=1S/C17H21N3O3/c1-11(2)16-18-6-7-20(16)12(3)17(21)19-9-13-4-5-14-15(8-13)23-10-22-14/h4-8,11-12H,9-10H2,1-3H3,(H,19,21)/t12-/m1/s1. The molecule has 0 spiro atoms. The van der Waals surface area contributed by atoms with Crippen molar-refractivity contribution in [1.29, 1.82) is 0 Å². The van der Waals surface area contributed by atoms with E-state index in [4.69, 9.17) is 9.47 Å². The fourth-order valence-electron chi connectivity index (χ4n) is 2.61. The molecule has 3 rings (SSSR count). The number of carbonyl (C=O) groups is 1. The molecule has 122 valence electrons. The number of nitrogens with zero attached hydrogens (tertiary/aromatic N) is 2. The van der Waals surface area contributed by atoms with Crippen LogP contribution in [-0.4, -0.2) is 22.3 Å². The topological polar surface area (TPSA) is 65.4 Å². The van der Waals surface area contributed by atoms with E-state index in [2.05, 4.69) is 24.1 Å². The highest BCUT2D eigenvalue weighted by Gasteiger charge is 2.19. The minimum absolute atomic E-state index is 0.0393. The van der Waals surface area contributed by atoms with Crippen molar-refractivity contribution in [2.45, 2.75) is 39.3 Å². The third-order valence-corrected chi connectivity index (χ3v) is 3.92. The quantitative estimate of drug-likeness (QED) is 0.921. The summed E-state index contributed by atoms with van der Waals surface area (Å²) in [5.41, 5.74) is 0.976. The molecular formula is C17H21N3O3. The third kappa shape index (κ3) is 3.16. The summed E-state index contributed by atoms with van der Waals surface area (Å²) in [6, 6.07) is 5.38. The van der Waals surface area contributed by atoms with Crippen LogP contribution in [0.5, 0.6) is 11.5 Å². The van der Waals surface area contributed by atoms with E-state index in [0.29, 0.717) is 6.54 Å². The molecule has 0 unspecified atom stereocenters. The number of hydrogen-bond acceptors (Lipinski definition) is 4. The molecule has 2 aromatic rings. The number of rotatable bonds is 5. The number of hydrogen-bond donors (Lipinski definition) is 1. The van der Waals surface area contributed by atoms with Crippen LogP contribution in [-0.2, 0) is 11.3 Å². The second-order valence-electron chi connectivity index (χ2n) is 5.93. The summed E-state index contributed by atoms with van der Waals surface area (Å²) in [7, 11) is 0. The average molecular weight is 315 g/mol. The first-order valence-electron chi connectivity index (χ1n) is 7.75. The Balaban J connectivity index is 1.64. The van der Waals surface area contributed by atoms with Crippen molar-refractivity contribution in [2.75, 3.05) is 6.79 Å². The van der Waals surface area contributed by atoms with Gasteiger partial charge in [0.2, 0.25) is 12.7 Å². The smallest absolute Gasteiger partial charge is 0.243 e. The molecule has 0 aliphatic carbocycles. The first kappa shape index (κ1) is 15.4. The molecule has 23 heavy (non-hydrogen) atoms. The molecular weight excluding hydrogens is 294 g/mol. The predicted octanol–water partition coefficient (Wildman–Crippen LogP) is 2.61. The van der Waals surface area contributed by atoms with Crippen molar-refractivity contribution in [1.82, 2.24) is 14.9 Å². The van der Waals surface area contributed by atoms with Gasteiger partial charge in [-0.1, -0.05) is 19.9 Å². The Hall–Kier alpha value is -2.50. The predicted molar refractivity (Wildman–Crippen MR) is 85.4 cm³/mol. The van der Waals surface area contributed by atoms with Crippen LogP contribution in [0.25, 0.3) is 0 Å². The molecule has 1 aromatic heterocycles. The van der Waals surface area contributed by atoms with Crippen molar-refractivity contribution >= 4 is 5.91 Å². The maximum absolute atomic E-state index is 12.4. The maximum atomic E-state index is 12.4. The average Bonchev–Trinajstić information content (AvgIpc) is 3.19. The summed E-state index contributed by atoms with van der Waals surface area (Å²) in [6.45, 7) is 6.71. The van der Waals surface area contributed by atoms with E-state index in [-0.39, 0.29) is 24.7 Å². The number of aromatic nitrogens is 2. The van der Waals surface area contributed by atoms with Gasteiger partial charge >= 0.3 is 0 Å². The van der Waals surface area contributed by atoms with Crippen molar-refractivity contribution in [3.05, 3.63) is 42.0 Å². The Morgan fingerprint density at radius 3 is 2.87 bits per heavy atom. The van der Waals surface area contributed by atoms with E-state index >= 15 is 0 Å². The first-order chi connectivity index (χ1) is 11.1. The normalized spacial score (nSPS) is 14.1. The Kier molecular flexibility index (Phi) is 4.23. The number of amides is 1. The lowest BCUT2D eigenvalue weighted by Crippen LogP contribution is -2.31. The molecule has 1 aliphatic heterocycles. The molecule has 1 N–H and O–H groups in total. The Morgan fingerprint density at radius 2 is 2.09 bits per heavy atom. The maximum Gasteiger partial charge on any atom is 0.243 e. The molecule has 0 fully saturated rings. The monoisotopic (exact) mass is 315 g/mol. The minimum atomic E-state index is -0.302. The van der Waals surface area contributed by atoms with Gasteiger partial charge in [0.05, 0.1) is 0 Å². The van der Waals surface area contributed by atoms with Crippen LogP contribution >= 0.6 is 0 Å². The van der Waals surface area contributed by atoms with Crippen LogP contribution in [0.1, 0.15) is 44.1 Å². The fraction of sp³-hybridized carbons (Fsp3) is 0.412. The highest BCUT2D eigenvalue weighted by molar-refractivity contribution is 5.80. The second kappa shape index (κ2) is 6.32. The van der Waals surface area contributed by atoms with Crippen LogP contribution < -0.4 is 14.8 Å². The van der Waals surface area contributed by atoms with E-state index in [9.17, 15) is 4.79 Å². The Labute approximate surface area is 135 Å². The number of fused-ring (bicyclic) bond motifs is 1. The van der Waals surface area contributed by atoms with Gasteiger partial charge in [-0.2, -0.15) is 0 Å². The number of imidazole rings is 1. The molecule has 6 heteroatoms. The van der Waals surface area contributed by atoms with Crippen LogP contribution in [0.15, 0.2) is 30.6 Å². The molecule has 1 aromatic carbocycles. The molecule has 1 aliphatic rings. The molecule has 1 amide bonds. The SMILES string of the molecule is CC(C)c1nccn1[C@H](C)C(=O)NCc1ccc2c(c1)OCO2. The molecule has 0 bridgehead atoms. The van der Waals surface area contributed by atoms with Gasteiger partial charge < -0.3 is 19.4 Å². The van der Waals surface area contributed by atoms with Gasteiger partial charge in [0, 0.05) is 24.9 Å². The van der Waals surface area contributed by atoms with Crippen molar-refractivity contribution in [3.8, 4) is 11.5 Å². The zero-order valence-corrected chi connectivity index (χ0v) is 13.6. The van der Waals surface area contributed by atoms with Gasteiger partial charge in [-0.15, -0.1) is 0 Å². The van der Waals surface area contributed by atoms with Crippen LogP contribution in [0.3, 0.4) is 0 Å². The number of benzene rings is 1. The summed E-state index contributed by atoms with van der Waals surface area (Å²) in [6.07, 6.45) is 3.58. The molecule has 0 saturated carbocycles. The molecule has 1 atom stereocenters. The fourth-order valence-corrected chi connectivity index (χ4v) is 2.61. The molecule has 6 nitrogen and oxygen atoms in total. The van der Waals surface area contributed by atoms with Crippen LogP contribution in [0, 0.1) is 0 Å². The summed E-state index contributed by atoms with van der Waals surface area (Å²) in [5, 5.41) is 2.96. The largest absolute Gasteiger partial charge is 0.454 e. The highest BCUT2D eigenvalue weighted by Crippen LogP contribution is 2.32. The van der Waals surface area contributed by atoms with E-state index in [0.717, 1.165) is 22.9 Å². The van der Waals surface area contributed by atoms with Crippen molar-refractivity contribution in [2.24, 2.45) is 0 Å². The first-order valence-corrected chi connectivity index (χ1v) is 7.75. The van der Waals surface area contributed by atoms with E-state index in [1.54, 1.807) is 6.20 Å². The summed E-state index contributed by atoms with van der Waals surface area (Å²) >= 11 is 0. The van der Waals surface area contributed by atoms with Crippen LogP contribution in [0.2, 0.25) is 0 Å². The number of carbonyl (C=O) groups excluding carboxylic acids is 1. The zero-order chi connectivity index (χ0) is 16.4. The zero-order valence-electron chi connectivity index (χ0n) is 13.6. The van der Waals surface area contributed by atoms with Gasteiger partial charge in [-0.3, -0.25) is 4.79 Å². The number of ether oxygens (including phenoxy) is 2. The lowest BCUT2D eigenvalue weighted by Gasteiger charge is -2.18. The van der Waals surface area contributed by atoms with Crippen molar-refractivity contribution in [3.63, 3.8) is 0 Å². The van der Waals surface area contributed by atoms with Gasteiger partial charge in [0.15, 0.2) is 11.5 Å². The molecule has 0 saturated heterocycles. The minimum Gasteiger partial charge on any atom is -0.454 e. The highest BCUT2D eigenvalue weighted by atomic mass is 16.7. The Morgan fingerprint density at radius 1 is 1.30 bits per heavy atom. The van der Waals surface area contributed by atoms with Crippen LogP contribution in [0.4, 0.5) is 0 Å². The lowest BCUT2D eigenvalue weighted by atomic mass is 10.1. The summed E-state index contributed by atoms with van der Waals surface area (Å²) < 4.78 is 12.5. The van der Waals surface area contributed by atoms with E-state index in [1.807, 2.05) is 35.9 Å². The molecule has 2 heterocycles. The van der Waals surface area contributed by atoms with E-state index < -0.39 is 0 Å². The van der Waals surface area contributed by atoms with Gasteiger partial charge in [-0.25, -0.2) is 4.98 Å². The lowest BCUT2D eigenvalue weighted by molar-refractivity contribution is -0.124. The van der Waals surface area contributed by atoms with Gasteiger partial charge in [0.25, 0.3) is 0 Å². The molecule has 0 radical (unpaired) electrons. The summed E-state index contributed by atoms with van der Waals surface area (Å²) in [5.74, 6) is 2.61. The van der Waals surface area contributed by atoms with Gasteiger partial charge in [0.1, 0.15) is 11.9 Å². The third-order valence-electron chi connectivity index (χ3n) is 3.92. The van der Waals surface area contributed by atoms with Gasteiger partial charge in [-0.05, 0) is 24.6 Å². The second-order valence-corrected chi connectivity index (χ2v) is 5.93. The Bertz CT molecular complexity index is 709.